The second-order valence-corrected chi connectivity index (χ2v) is 3.26. The largest absolute Gasteiger partial charge is 0.481 e. The van der Waals surface area contributed by atoms with E-state index < -0.39 is 29.2 Å². The highest BCUT2D eigenvalue weighted by Gasteiger charge is 2.47. The number of aliphatic hydroxyl groups is 2. The Morgan fingerprint density at radius 2 is 1.87 bits per heavy atom. The molecular formula is C9H10O6. The predicted molar refractivity (Wildman–Crippen MR) is 47.8 cm³/mol. The molecule has 0 aliphatic heterocycles. The van der Waals surface area contributed by atoms with E-state index in [1.54, 1.807) is 0 Å². The van der Waals surface area contributed by atoms with Gasteiger partial charge in [0, 0.05) is 0 Å². The van der Waals surface area contributed by atoms with Crippen molar-refractivity contribution >= 4 is 11.9 Å². The highest BCUT2D eigenvalue weighted by atomic mass is 16.5. The van der Waals surface area contributed by atoms with Crippen molar-refractivity contribution in [1.82, 2.24) is 0 Å². The summed E-state index contributed by atoms with van der Waals surface area (Å²) in [6.07, 6.45) is 2.29. The van der Waals surface area contributed by atoms with Crippen LogP contribution in [0.3, 0.4) is 0 Å². The standard InChI is InChI=1S/C9H10O6/c1-4-2-3-5(7(10)11)9(14,15)6(4)8(12)13/h2-3,5,14-15H,1H3,(H,10,11)(H,12,13). The zero-order valence-electron chi connectivity index (χ0n) is 7.84. The maximum Gasteiger partial charge on any atom is 0.337 e. The van der Waals surface area contributed by atoms with Crippen molar-refractivity contribution in [3.05, 3.63) is 23.3 Å². The molecule has 0 aromatic rings. The van der Waals surface area contributed by atoms with Gasteiger partial charge in [-0.25, -0.2) is 4.79 Å². The topological polar surface area (TPSA) is 115 Å². The molecule has 15 heavy (non-hydrogen) atoms. The van der Waals surface area contributed by atoms with Crippen molar-refractivity contribution in [1.29, 1.82) is 0 Å². The third-order valence-corrected chi connectivity index (χ3v) is 2.21. The van der Waals surface area contributed by atoms with Crippen molar-refractivity contribution in [2.45, 2.75) is 12.7 Å². The molecule has 0 spiro atoms. The van der Waals surface area contributed by atoms with Crippen molar-refractivity contribution in [3.63, 3.8) is 0 Å². The molecule has 82 valence electrons. The molecule has 0 aromatic heterocycles. The van der Waals surface area contributed by atoms with Crippen molar-refractivity contribution in [3.8, 4) is 0 Å². The van der Waals surface area contributed by atoms with Gasteiger partial charge in [-0.15, -0.1) is 0 Å². The van der Waals surface area contributed by atoms with Crippen LogP contribution in [0.25, 0.3) is 0 Å². The summed E-state index contributed by atoms with van der Waals surface area (Å²) in [7, 11) is 0. The van der Waals surface area contributed by atoms with Crippen LogP contribution in [-0.4, -0.2) is 38.2 Å². The van der Waals surface area contributed by atoms with E-state index in [1.165, 1.54) is 13.0 Å². The lowest BCUT2D eigenvalue weighted by Crippen LogP contribution is -2.47. The number of hydrogen-bond acceptors (Lipinski definition) is 4. The molecule has 0 radical (unpaired) electrons. The van der Waals surface area contributed by atoms with Crippen LogP contribution in [0, 0.1) is 5.92 Å². The van der Waals surface area contributed by atoms with Gasteiger partial charge < -0.3 is 20.4 Å². The number of carboxylic acids is 2. The average Bonchev–Trinajstić information content (AvgIpc) is 1.99. The van der Waals surface area contributed by atoms with E-state index in [-0.39, 0.29) is 5.57 Å². The first-order valence-electron chi connectivity index (χ1n) is 4.09. The molecule has 1 aliphatic rings. The van der Waals surface area contributed by atoms with Crippen LogP contribution >= 0.6 is 0 Å². The van der Waals surface area contributed by atoms with Gasteiger partial charge in [0.05, 0.1) is 5.57 Å². The number of hydrogen-bond donors (Lipinski definition) is 4. The summed E-state index contributed by atoms with van der Waals surface area (Å²) in [5.74, 6) is -7.60. The maximum absolute atomic E-state index is 10.7. The third-order valence-electron chi connectivity index (χ3n) is 2.21. The molecule has 0 heterocycles. The first kappa shape index (κ1) is 11.4. The maximum atomic E-state index is 10.7. The minimum atomic E-state index is -2.88. The minimum Gasteiger partial charge on any atom is -0.481 e. The average molecular weight is 214 g/mol. The number of aliphatic carboxylic acids is 2. The zero-order chi connectivity index (χ0) is 11.8. The Bertz CT molecular complexity index is 376. The summed E-state index contributed by atoms with van der Waals surface area (Å²) in [5, 5.41) is 36.4. The normalized spacial score (nSPS) is 24.1. The summed E-state index contributed by atoms with van der Waals surface area (Å²) in [5.41, 5.74) is -0.595. The Labute approximate surface area is 84.8 Å². The van der Waals surface area contributed by atoms with Gasteiger partial charge in [-0.1, -0.05) is 12.2 Å². The Morgan fingerprint density at radius 3 is 2.27 bits per heavy atom. The van der Waals surface area contributed by atoms with E-state index in [1.807, 2.05) is 0 Å². The van der Waals surface area contributed by atoms with Gasteiger partial charge in [-0.05, 0) is 12.5 Å². The van der Waals surface area contributed by atoms with Crippen LogP contribution in [0.4, 0.5) is 0 Å². The summed E-state index contributed by atoms with van der Waals surface area (Å²) >= 11 is 0. The molecule has 0 saturated carbocycles. The monoisotopic (exact) mass is 214 g/mol. The lowest BCUT2D eigenvalue weighted by Gasteiger charge is -2.30. The lowest BCUT2D eigenvalue weighted by molar-refractivity contribution is -0.185. The lowest BCUT2D eigenvalue weighted by atomic mass is 9.84. The molecule has 0 bridgehead atoms. The Kier molecular flexibility index (Phi) is 2.65. The molecule has 1 aliphatic carbocycles. The Morgan fingerprint density at radius 1 is 1.33 bits per heavy atom. The number of rotatable bonds is 2. The molecule has 0 amide bonds. The minimum absolute atomic E-state index is 0.116. The first-order valence-corrected chi connectivity index (χ1v) is 4.09. The molecule has 4 N–H and O–H groups in total. The second kappa shape index (κ2) is 3.48. The van der Waals surface area contributed by atoms with Gasteiger partial charge in [0.25, 0.3) is 0 Å². The van der Waals surface area contributed by atoms with Crippen LogP contribution in [0.2, 0.25) is 0 Å². The summed E-state index contributed by atoms with van der Waals surface area (Å²) in [4.78, 5) is 21.4. The summed E-state index contributed by atoms with van der Waals surface area (Å²) in [6.45, 7) is 1.36. The third kappa shape index (κ3) is 1.77. The fourth-order valence-corrected chi connectivity index (χ4v) is 1.48. The zero-order valence-corrected chi connectivity index (χ0v) is 7.84. The first-order chi connectivity index (χ1) is 6.78. The van der Waals surface area contributed by atoms with Gasteiger partial charge in [-0.2, -0.15) is 0 Å². The van der Waals surface area contributed by atoms with E-state index in [9.17, 15) is 19.8 Å². The number of carboxylic acid groups (broad SMARTS) is 2. The number of allylic oxidation sites excluding steroid dienone is 2. The quantitative estimate of drug-likeness (QED) is 0.453. The van der Waals surface area contributed by atoms with Crippen LogP contribution in [0.15, 0.2) is 23.3 Å². The van der Waals surface area contributed by atoms with E-state index in [4.69, 9.17) is 10.2 Å². The summed E-state index contributed by atoms with van der Waals surface area (Å²) < 4.78 is 0. The van der Waals surface area contributed by atoms with E-state index in [0.29, 0.717) is 0 Å². The predicted octanol–water partition coefficient (Wildman–Crippen LogP) is -0.661. The second-order valence-electron chi connectivity index (χ2n) is 3.26. The molecule has 6 heteroatoms. The fourth-order valence-electron chi connectivity index (χ4n) is 1.48. The summed E-state index contributed by atoms with van der Waals surface area (Å²) in [6, 6.07) is 0. The molecule has 6 nitrogen and oxygen atoms in total. The number of carbonyl (C=O) groups is 2. The molecule has 1 unspecified atom stereocenters. The molecule has 0 aromatic carbocycles. The van der Waals surface area contributed by atoms with Gasteiger partial charge in [0.1, 0.15) is 5.92 Å². The van der Waals surface area contributed by atoms with Gasteiger partial charge in [-0.3, -0.25) is 4.79 Å². The highest BCUT2D eigenvalue weighted by Crippen LogP contribution is 2.32. The van der Waals surface area contributed by atoms with Gasteiger partial charge >= 0.3 is 11.9 Å². The van der Waals surface area contributed by atoms with Crippen LogP contribution in [0.5, 0.6) is 0 Å². The van der Waals surface area contributed by atoms with Crippen molar-refractivity contribution in [2.75, 3.05) is 0 Å². The van der Waals surface area contributed by atoms with Crippen LogP contribution in [-0.2, 0) is 9.59 Å². The molecule has 0 saturated heterocycles. The van der Waals surface area contributed by atoms with Gasteiger partial charge in [0.2, 0.25) is 5.79 Å². The molecule has 1 rings (SSSR count). The van der Waals surface area contributed by atoms with Crippen molar-refractivity contribution < 1.29 is 30.0 Å². The van der Waals surface area contributed by atoms with E-state index in [0.717, 1.165) is 6.08 Å². The Balaban J connectivity index is 3.29. The fraction of sp³-hybridized carbons (Fsp3) is 0.333. The van der Waals surface area contributed by atoms with Gasteiger partial charge in [0.15, 0.2) is 0 Å². The molecular weight excluding hydrogens is 204 g/mol. The molecule has 1 atom stereocenters. The van der Waals surface area contributed by atoms with Crippen LogP contribution in [0.1, 0.15) is 6.92 Å². The van der Waals surface area contributed by atoms with E-state index in [2.05, 4.69) is 0 Å². The SMILES string of the molecule is CC1=C(C(=O)O)C(O)(O)C(C(=O)O)C=C1. The molecule has 0 fully saturated rings. The smallest absolute Gasteiger partial charge is 0.337 e. The van der Waals surface area contributed by atoms with Crippen LogP contribution < -0.4 is 0 Å². The Hall–Kier alpha value is -1.66. The highest BCUT2D eigenvalue weighted by molar-refractivity contribution is 5.92. The van der Waals surface area contributed by atoms with E-state index >= 15 is 0 Å². The van der Waals surface area contributed by atoms with Crippen molar-refractivity contribution in [2.24, 2.45) is 5.92 Å².